The van der Waals surface area contributed by atoms with Crippen LogP contribution in [0.25, 0.3) is 10.9 Å². The molecule has 1 aromatic heterocycles. The topological polar surface area (TPSA) is 138 Å². The Morgan fingerprint density at radius 2 is 1.69 bits per heavy atom. The molecule has 7 rings (SSSR count). The van der Waals surface area contributed by atoms with Gasteiger partial charge in [-0.25, -0.2) is 4.79 Å². The number of rotatable bonds is 18. The minimum absolute atomic E-state index is 0.0133. The number of anilines is 1. The smallest absolute Gasteiger partial charge is 0.412 e. The van der Waals surface area contributed by atoms with Gasteiger partial charge in [0.05, 0.1) is 30.0 Å². The minimum Gasteiger partial charge on any atom is -0.506 e. The predicted octanol–water partition coefficient (Wildman–Crippen LogP) is 7.54. The van der Waals surface area contributed by atoms with Gasteiger partial charge in [-0.2, -0.15) is 0 Å². The molecule has 0 aliphatic carbocycles. The van der Waals surface area contributed by atoms with Gasteiger partial charge in [-0.3, -0.25) is 9.69 Å². The van der Waals surface area contributed by atoms with E-state index >= 15 is 0 Å². The van der Waals surface area contributed by atoms with Crippen LogP contribution < -0.4 is 20.5 Å². The molecule has 4 aromatic rings. The van der Waals surface area contributed by atoms with Crippen LogP contribution in [-0.2, 0) is 0 Å². The van der Waals surface area contributed by atoms with Crippen molar-refractivity contribution in [1.29, 1.82) is 0 Å². The number of carboxylic acid groups (broad SMARTS) is 1. The van der Waals surface area contributed by atoms with Crippen LogP contribution >= 0.6 is 0 Å². The van der Waals surface area contributed by atoms with E-state index in [4.69, 9.17) is 4.74 Å². The Morgan fingerprint density at radius 1 is 0.962 bits per heavy atom. The second-order valence-corrected chi connectivity index (χ2v) is 14.6. The zero-order valence-electron chi connectivity index (χ0n) is 30.3. The lowest BCUT2D eigenvalue weighted by Crippen LogP contribution is -2.53. The molecule has 3 fully saturated rings. The number of hydrogen-bond donors (Lipinski definition) is 5. The molecule has 3 aromatic carbocycles. The number of phenols is 1. The Hall–Kier alpha value is -4.38. The van der Waals surface area contributed by atoms with Crippen molar-refractivity contribution in [3.63, 3.8) is 0 Å². The molecule has 1 amide bonds. The number of ether oxygens (including phenoxy) is 1. The largest absolute Gasteiger partial charge is 0.506 e. The maximum atomic E-state index is 13.0. The number of aromatic nitrogens is 1. The van der Waals surface area contributed by atoms with Gasteiger partial charge >= 0.3 is 6.09 Å². The van der Waals surface area contributed by atoms with Crippen LogP contribution in [0.2, 0.25) is 0 Å². The lowest BCUT2D eigenvalue weighted by molar-refractivity contribution is 0.0358. The van der Waals surface area contributed by atoms with Crippen molar-refractivity contribution in [2.24, 2.45) is 11.8 Å². The number of pyridine rings is 1. The first-order chi connectivity index (χ1) is 25.3. The normalized spacial score (nSPS) is 19.4. The molecule has 0 spiro atoms. The summed E-state index contributed by atoms with van der Waals surface area (Å²) in [4.78, 5) is 31.3. The SMILES string of the molecule is Cc1ccc([C@@H](C2CN3CCC2CC3)N(C(=O)O)c2cccc(OCCCCCCCCCNC[C@H](O)c3ccc(O)c4[nH]c(=O)ccc34)c2)cc1. The van der Waals surface area contributed by atoms with E-state index in [0.29, 0.717) is 47.0 Å². The van der Waals surface area contributed by atoms with Crippen LogP contribution in [0.5, 0.6) is 11.5 Å². The molecular formula is C42H54N4O6. The Balaban J connectivity index is 0.906. The number of aryl methyl sites for hydroxylation is 1. The molecule has 10 nitrogen and oxygen atoms in total. The zero-order chi connectivity index (χ0) is 36.5. The highest BCUT2D eigenvalue weighted by Crippen LogP contribution is 2.44. The van der Waals surface area contributed by atoms with Crippen molar-refractivity contribution >= 4 is 22.7 Å². The van der Waals surface area contributed by atoms with Crippen molar-refractivity contribution in [2.45, 2.75) is 76.9 Å². The summed E-state index contributed by atoms with van der Waals surface area (Å²) in [6.45, 7) is 7.00. The van der Waals surface area contributed by atoms with Crippen LogP contribution in [0, 0.1) is 18.8 Å². The van der Waals surface area contributed by atoms with Gasteiger partial charge in [-0.1, -0.05) is 74.1 Å². The standard InChI is InChI=1S/C42H54N4O6/c1-29-12-14-31(15-13-29)41(36-28-45-23-20-30(36)21-24-45)46(42(50)51)32-10-9-11-33(26-32)52-25-8-6-4-2-3-5-7-22-43-27-38(48)34-16-18-37(47)40-35(34)17-19-39(49)44-40/h9-19,26,30,36,38,41,43,47-48H,2-8,20-25,27-28H2,1H3,(H,44,49)(H,50,51)/t36?,38-,41-/m0/s1. The molecule has 0 radical (unpaired) electrons. The molecule has 3 saturated heterocycles. The highest BCUT2D eigenvalue weighted by Gasteiger charge is 2.43. The van der Waals surface area contributed by atoms with Crippen molar-refractivity contribution in [3.05, 3.63) is 99.8 Å². The molecule has 2 bridgehead atoms. The molecule has 0 saturated carbocycles. The monoisotopic (exact) mass is 710 g/mol. The molecule has 3 atom stereocenters. The number of aliphatic hydroxyl groups excluding tert-OH is 1. The third-order valence-corrected chi connectivity index (χ3v) is 11.0. The van der Waals surface area contributed by atoms with E-state index in [1.165, 1.54) is 12.1 Å². The summed E-state index contributed by atoms with van der Waals surface area (Å²) in [7, 11) is 0. The maximum absolute atomic E-state index is 13.0. The van der Waals surface area contributed by atoms with Crippen molar-refractivity contribution in [2.75, 3.05) is 44.2 Å². The number of unbranched alkanes of at least 4 members (excludes halogenated alkanes) is 6. The van der Waals surface area contributed by atoms with E-state index in [1.807, 2.05) is 24.3 Å². The number of phenolic OH excluding ortho intramolecular Hbond substituents is 1. The van der Waals surface area contributed by atoms with Gasteiger partial charge in [-0.15, -0.1) is 0 Å². The van der Waals surface area contributed by atoms with Crippen LogP contribution in [0.4, 0.5) is 10.5 Å². The Bertz CT molecular complexity index is 1820. The van der Waals surface area contributed by atoms with Crippen LogP contribution in [0.15, 0.2) is 77.6 Å². The summed E-state index contributed by atoms with van der Waals surface area (Å²) in [5, 5.41) is 35.4. The second kappa shape index (κ2) is 17.9. The highest BCUT2D eigenvalue weighted by atomic mass is 16.5. The second-order valence-electron chi connectivity index (χ2n) is 14.6. The molecule has 52 heavy (non-hydrogen) atoms. The third kappa shape index (κ3) is 9.34. The first-order valence-electron chi connectivity index (χ1n) is 19.1. The summed E-state index contributed by atoms with van der Waals surface area (Å²) in [5.41, 5.74) is 3.58. The van der Waals surface area contributed by atoms with Gasteiger partial charge in [0.2, 0.25) is 5.56 Å². The lowest BCUT2D eigenvalue weighted by Gasteiger charge is -2.49. The fourth-order valence-corrected chi connectivity index (χ4v) is 8.16. The van der Waals surface area contributed by atoms with Gasteiger partial charge < -0.3 is 35.3 Å². The van der Waals surface area contributed by atoms with Gasteiger partial charge in [0.25, 0.3) is 0 Å². The van der Waals surface area contributed by atoms with Gasteiger partial charge in [0.15, 0.2) is 0 Å². The van der Waals surface area contributed by atoms with Gasteiger partial charge in [0.1, 0.15) is 11.5 Å². The number of nitrogens with one attached hydrogen (secondary N) is 2. The molecular weight excluding hydrogens is 656 g/mol. The Kier molecular flexibility index (Phi) is 12.9. The summed E-state index contributed by atoms with van der Waals surface area (Å²) >= 11 is 0. The number of piperidine rings is 3. The van der Waals surface area contributed by atoms with E-state index in [2.05, 4.69) is 46.4 Å². The molecule has 3 aliphatic heterocycles. The number of H-pyrrole nitrogens is 1. The number of carbonyl (C=O) groups is 1. The summed E-state index contributed by atoms with van der Waals surface area (Å²) in [5.74, 6) is 1.44. The van der Waals surface area contributed by atoms with Crippen molar-refractivity contribution < 1.29 is 24.9 Å². The van der Waals surface area contributed by atoms with Crippen molar-refractivity contribution in [3.8, 4) is 11.5 Å². The fourth-order valence-electron chi connectivity index (χ4n) is 8.16. The quantitative estimate of drug-likeness (QED) is 0.0668. The molecule has 10 heteroatoms. The number of benzene rings is 3. The van der Waals surface area contributed by atoms with Crippen LogP contribution in [0.1, 0.15) is 86.6 Å². The zero-order valence-corrected chi connectivity index (χ0v) is 30.3. The van der Waals surface area contributed by atoms with Gasteiger partial charge in [-0.05, 0) is 99.5 Å². The van der Waals surface area contributed by atoms with Crippen LogP contribution in [0.3, 0.4) is 0 Å². The summed E-state index contributed by atoms with van der Waals surface area (Å²) in [6.07, 6.45) is 8.15. The van der Waals surface area contributed by atoms with E-state index < -0.39 is 12.2 Å². The Labute approximate surface area is 306 Å². The third-order valence-electron chi connectivity index (χ3n) is 11.0. The average molecular weight is 711 g/mol. The number of fused-ring (bicyclic) bond motifs is 4. The first kappa shape index (κ1) is 37.4. The number of hydrogen-bond acceptors (Lipinski definition) is 7. The van der Waals surface area contributed by atoms with Crippen molar-refractivity contribution in [1.82, 2.24) is 15.2 Å². The Morgan fingerprint density at radius 3 is 2.40 bits per heavy atom. The summed E-state index contributed by atoms with van der Waals surface area (Å²) in [6, 6.07) is 21.9. The maximum Gasteiger partial charge on any atom is 0.412 e. The lowest BCUT2D eigenvalue weighted by atomic mass is 9.73. The number of amides is 1. The molecule has 3 aliphatic rings. The molecule has 5 N–H and O–H groups in total. The van der Waals surface area contributed by atoms with Crippen LogP contribution in [-0.4, -0.2) is 70.6 Å². The fraction of sp³-hybridized carbons (Fsp3) is 0.476. The van der Waals surface area contributed by atoms with E-state index in [0.717, 1.165) is 95.1 Å². The number of aliphatic hydroxyl groups is 1. The van der Waals surface area contributed by atoms with E-state index in [9.17, 15) is 24.9 Å². The number of nitrogens with zero attached hydrogens (tertiary/aromatic N) is 2. The highest BCUT2D eigenvalue weighted by molar-refractivity contribution is 5.88. The first-order valence-corrected chi connectivity index (χ1v) is 19.1. The minimum atomic E-state index is -0.935. The number of aromatic hydroxyl groups is 1. The predicted molar refractivity (Wildman–Crippen MR) is 205 cm³/mol. The molecule has 278 valence electrons. The van der Waals surface area contributed by atoms with Gasteiger partial charge in [0, 0.05) is 30.6 Å². The average Bonchev–Trinajstić information content (AvgIpc) is 3.15. The molecule has 4 heterocycles. The summed E-state index contributed by atoms with van der Waals surface area (Å²) < 4.78 is 6.15. The van der Waals surface area contributed by atoms with E-state index in [1.54, 1.807) is 17.0 Å². The van der Waals surface area contributed by atoms with E-state index in [-0.39, 0.29) is 23.3 Å². The molecule has 1 unspecified atom stereocenters. The number of aromatic amines is 1.